The van der Waals surface area contributed by atoms with E-state index >= 15 is 0 Å². The standard InChI is InChI=1S/C70H114O6/c1-4-7-10-13-16-19-22-25-28-31-33-34-35-36-37-40-42-45-48-51-54-57-60-63-69(72)75-66-67(65-74-68(71)62-59-56-53-50-47-44-41-38-30-27-24-21-18-15-12-9-6-3)76-70(73)64-61-58-55-52-49-46-43-39-32-29-26-23-20-17-14-11-8-5-2/h7,9-10,12,16,18-19,21,25,27-28,30,33-34,36-37,41-42,44-45,51,54,67H,4-6,8,11,13-15,17,20,22-24,26,29,31-32,35,38-40,43,46-50,52-53,55-66H2,1-3H3/b10-7-,12-9-,19-16-,21-18-,28-25-,30-27-,34-33-,37-36-,44-41-,45-42-,54-51-. The van der Waals surface area contributed by atoms with Crippen molar-refractivity contribution in [2.24, 2.45) is 0 Å². The maximum absolute atomic E-state index is 12.9. The first kappa shape index (κ1) is 71.5. The number of ether oxygens (including phenoxy) is 3. The summed E-state index contributed by atoms with van der Waals surface area (Å²) in [5, 5.41) is 0. The van der Waals surface area contributed by atoms with Gasteiger partial charge in [0.05, 0.1) is 0 Å². The second-order valence-corrected chi connectivity index (χ2v) is 20.2. The molecule has 0 aliphatic rings. The van der Waals surface area contributed by atoms with E-state index in [2.05, 4.69) is 154 Å². The fourth-order valence-corrected chi connectivity index (χ4v) is 8.31. The van der Waals surface area contributed by atoms with Crippen LogP contribution in [0.15, 0.2) is 134 Å². The number of rotatable bonds is 55. The smallest absolute Gasteiger partial charge is 0.306 e. The van der Waals surface area contributed by atoms with Crippen LogP contribution < -0.4 is 0 Å². The number of carbonyl (C=O) groups is 3. The Hall–Kier alpha value is -4.45. The second kappa shape index (κ2) is 63.1. The Morgan fingerprint density at radius 1 is 0.276 bits per heavy atom. The molecule has 0 fully saturated rings. The molecule has 0 saturated carbocycles. The van der Waals surface area contributed by atoms with E-state index in [1.807, 2.05) is 0 Å². The first-order valence-corrected chi connectivity index (χ1v) is 31.2. The third-order valence-electron chi connectivity index (χ3n) is 12.9. The molecular formula is C70H114O6. The molecule has 0 bridgehead atoms. The molecule has 0 saturated heterocycles. The van der Waals surface area contributed by atoms with Crippen LogP contribution in [0.1, 0.15) is 271 Å². The topological polar surface area (TPSA) is 78.9 Å². The average molecular weight is 1050 g/mol. The van der Waals surface area contributed by atoms with Crippen molar-refractivity contribution in [2.45, 2.75) is 277 Å². The highest BCUT2D eigenvalue weighted by Crippen LogP contribution is 2.16. The lowest BCUT2D eigenvalue weighted by Gasteiger charge is -2.18. The SMILES string of the molecule is CC/C=C\C/C=C\C/C=C\C/C=C\C/C=C\C/C=C\C/C=C\CCCC(=O)OCC(COC(=O)CCCCCC/C=C\C/C=C\C/C=C\C/C=C\CC)OC(=O)CCCCCCCCCCCCCCCCCCCC. The summed E-state index contributed by atoms with van der Waals surface area (Å²) in [7, 11) is 0. The number of esters is 3. The Balaban J connectivity index is 4.52. The van der Waals surface area contributed by atoms with Gasteiger partial charge in [-0.3, -0.25) is 14.4 Å². The van der Waals surface area contributed by atoms with Crippen molar-refractivity contribution in [3.63, 3.8) is 0 Å². The largest absolute Gasteiger partial charge is 0.462 e. The van der Waals surface area contributed by atoms with Gasteiger partial charge >= 0.3 is 17.9 Å². The minimum atomic E-state index is -0.816. The summed E-state index contributed by atoms with van der Waals surface area (Å²) in [4.78, 5) is 38.3. The lowest BCUT2D eigenvalue weighted by atomic mass is 10.0. The van der Waals surface area contributed by atoms with Gasteiger partial charge in [-0.2, -0.15) is 0 Å². The zero-order chi connectivity index (χ0) is 55.0. The van der Waals surface area contributed by atoms with Crippen LogP contribution >= 0.6 is 0 Å². The van der Waals surface area contributed by atoms with Crippen molar-refractivity contribution in [1.82, 2.24) is 0 Å². The molecule has 0 amide bonds. The zero-order valence-corrected chi connectivity index (χ0v) is 49.2. The number of hydrogen-bond donors (Lipinski definition) is 0. The molecule has 430 valence electrons. The molecule has 1 unspecified atom stereocenters. The van der Waals surface area contributed by atoms with Gasteiger partial charge in [-0.1, -0.05) is 276 Å². The van der Waals surface area contributed by atoms with Gasteiger partial charge in [0.1, 0.15) is 13.2 Å². The first-order chi connectivity index (χ1) is 37.5. The molecule has 0 heterocycles. The van der Waals surface area contributed by atoms with Crippen LogP contribution in [0.25, 0.3) is 0 Å². The van der Waals surface area contributed by atoms with Gasteiger partial charge in [-0.25, -0.2) is 0 Å². The minimum absolute atomic E-state index is 0.111. The van der Waals surface area contributed by atoms with Gasteiger partial charge in [0.2, 0.25) is 0 Å². The van der Waals surface area contributed by atoms with E-state index in [1.54, 1.807) is 0 Å². The van der Waals surface area contributed by atoms with Crippen molar-refractivity contribution in [1.29, 1.82) is 0 Å². The third-order valence-corrected chi connectivity index (χ3v) is 12.9. The highest BCUT2D eigenvalue weighted by Gasteiger charge is 2.19. The Bertz CT molecular complexity index is 1630. The van der Waals surface area contributed by atoms with Crippen molar-refractivity contribution in [2.75, 3.05) is 13.2 Å². The first-order valence-electron chi connectivity index (χ1n) is 31.2. The fourth-order valence-electron chi connectivity index (χ4n) is 8.31. The van der Waals surface area contributed by atoms with Gasteiger partial charge < -0.3 is 14.2 Å². The summed E-state index contributed by atoms with van der Waals surface area (Å²) in [5.41, 5.74) is 0. The zero-order valence-electron chi connectivity index (χ0n) is 49.2. The van der Waals surface area contributed by atoms with E-state index in [-0.39, 0.29) is 37.5 Å². The van der Waals surface area contributed by atoms with E-state index in [0.29, 0.717) is 19.3 Å². The molecule has 0 rings (SSSR count). The number of carbonyl (C=O) groups excluding carboxylic acids is 3. The maximum atomic E-state index is 12.9. The quantitative estimate of drug-likeness (QED) is 0.0261. The van der Waals surface area contributed by atoms with Crippen molar-refractivity contribution < 1.29 is 28.6 Å². The van der Waals surface area contributed by atoms with Crippen molar-refractivity contribution >= 4 is 17.9 Å². The van der Waals surface area contributed by atoms with Crippen LogP contribution in [0.4, 0.5) is 0 Å². The molecular weight excluding hydrogens is 937 g/mol. The van der Waals surface area contributed by atoms with Gasteiger partial charge in [0.25, 0.3) is 0 Å². The molecule has 6 heteroatoms. The van der Waals surface area contributed by atoms with Crippen LogP contribution in [0.5, 0.6) is 0 Å². The number of hydrogen-bond acceptors (Lipinski definition) is 6. The summed E-state index contributed by atoms with van der Waals surface area (Å²) in [6, 6.07) is 0. The Morgan fingerprint density at radius 2 is 0.526 bits per heavy atom. The molecule has 0 spiro atoms. The molecule has 6 nitrogen and oxygen atoms in total. The molecule has 0 aromatic rings. The molecule has 0 aromatic carbocycles. The third kappa shape index (κ3) is 60.4. The second-order valence-electron chi connectivity index (χ2n) is 20.2. The Kier molecular flexibility index (Phi) is 59.4. The monoisotopic (exact) mass is 1050 g/mol. The molecule has 1 atom stereocenters. The number of allylic oxidation sites excluding steroid dienone is 22. The molecule has 0 aliphatic carbocycles. The summed E-state index contributed by atoms with van der Waals surface area (Å²) >= 11 is 0. The predicted molar refractivity (Wildman–Crippen MR) is 329 cm³/mol. The van der Waals surface area contributed by atoms with E-state index < -0.39 is 6.10 Å². The van der Waals surface area contributed by atoms with Crippen molar-refractivity contribution in [3.8, 4) is 0 Å². The van der Waals surface area contributed by atoms with Crippen LogP contribution in [0.2, 0.25) is 0 Å². The molecule has 0 aromatic heterocycles. The van der Waals surface area contributed by atoms with E-state index in [1.165, 1.54) is 96.3 Å². The number of unbranched alkanes of at least 4 members (excludes halogenated alkanes) is 22. The molecule has 0 radical (unpaired) electrons. The Morgan fingerprint density at radius 3 is 0.855 bits per heavy atom. The minimum Gasteiger partial charge on any atom is -0.462 e. The molecule has 0 aliphatic heterocycles. The van der Waals surface area contributed by atoms with Gasteiger partial charge in [0, 0.05) is 19.3 Å². The van der Waals surface area contributed by atoms with Gasteiger partial charge in [-0.05, 0) is 109 Å². The highest BCUT2D eigenvalue weighted by molar-refractivity contribution is 5.71. The maximum Gasteiger partial charge on any atom is 0.306 e. The van der Waals surface area contributed by atoms with Gasteiger partial charge in [0.15, 0.2) is 6.10 Å². The predicted octanol–water partition coefficient (Wildman–Crippen LogP) is 21.4. The molecule has 76 heavy (non-hydrogen) atoms. The average Bonchev–Trinajstić information content (AvgIpc) is 3.42. The normalized spacial score (nSPS) is 13.0. The van der Waals surface area contributed by atoms with Crippen LogP contribution in [0, 0.1) is 0 Å². The van der Waals surface area contributed by atoms with E-state index in [0.717, 1.165) is 128 Å². The molecule has 0 N–H and O–H groups in total. The van der Waals surface area contributed by atoms with E-state index in [4.69, 9.17) is 14.2 Å². The van der Waals surface area contributed by atoms with Crippen LogP contribution in [-0.4, -0.2) is 37.2 Å². The fraction of sp³-hybridized carbons (Fsp3) is 0.643. The summed E-state index contributed by atoms with van der Waals surface area (Å²) in [6.45, 7) is 6.36. The lowest BCUT2D eigenvalue weighted by Crippen LogP contribution is -2.30. The van der Waals surface area contributed by atoms with Crippen molar-refractivity contribution in [3.05, 3.63) is 134 Å². The summed E-state index contributed by atoms with van der Waals surface area (Å²) < 4.78 is 16.9. The van der Waals surface area contributed by atoms with E-state index in [9.17, 15) is 14.4 Å². The summed E-state index contributed by atoms with van der Waals surface area (Å²) in [5.74, 6) is -0.990. The lowest BCUT2D eigenvalue weighted by molar-refractivity contribution is -0.167. The Labute approximate surface area is 468 Å². The van der Waals surface area contributed by atoms with Gasteiger partial charge in [-0.15, -0.1) is 0 Å². The highest BCUT2D eigenvalue weighted by atomic mass is 16.6. The van der Waals surface area contributed by atoms with Crippen LogP contribution in [0.3, 0.4) is 0 Å². The van der Waals surface area contributed by atoms with Crippen LogP contribution in [-0.2, 0) is 28.6 Å². The summed E-state index contributed by atoms with van der Waals surface area (Å²) in [6.07, 6.45) is 88.8.